The molecule has 3 N–H and O–H groups in total. The molecule has 114 valence electrons. The van der Waals surface area contributed by atoms with Crippen LogP contribution in [0.15, 0.2) is 29.6 Å². The number of benzene rings is 1. The van der Waals surface area contributed by atoms with Crippen molar-refractivity contribution < 1.29 is 12.8 Å². The number of halogens is 1. The maximum atomic E-state index is 13.0. The van der Waals surface area contributed by atoms with Crippen LogP contribution in [0, 0.1) is 12.7 Å². The maximum Gasteiger partial charge on any atom is 0.260 e. The fourth-order valence-corrected chi connectivity index (χ4v) is 3.35. The van der Waals surface area contributed by atoms with Crippen molar-refractivity contribution in [2.75, 3.05) is 12.3 Å². The fraction of sp³-hybridized carbons (Fsp3) is 0.308. The Bertz CT molecular complexity index is 736. The van der Waals surface area contributed by atoms with Crippen molar-refractivity contribution in [3.05, 3.63) is 41.5 Å². The monoisotopic (exact) mass is 312 g/mol. The number of aromatic nitrogens is 2. The van der Waals surface area contributed by atoms with E-state index in [2.05, 4.69) is 9.71 Å². The van der Waals surface area contributed by atoms with E-state index < -0.39 is 10.0 Å². The Morgan fingerprint density at radius 2 is 2.14 bits per heavy atom. The Balaban J connectivity index is 2.06. The molecule has 2 aromatic rings. The van der Waals surface area contributed by atoms with E-state index in [1.807, 2.05) is 0 Å². The molecular weight excluding hydrogens is 295 g/mol. The molecule has 0 radical (unpaired) electrons. The van der Waals surface area contributed by atoms with E-state index in [0.29, 0.717) is 6.42 Å². The molecule has 1 heterocycles. The van der Waals surface area contributed by atoms with Crippen molar-refractivity contribution in [3.8, 4) is 0 Å². The summed E-state index contributed by atoms with van der Waals surface area (Å²) in [5.74, 6) is -0.345. The minimum atomic E-state index is -3.72. The third-order valence-corrected chi connectivity index (χ3v) is 4.75. The van der Waals surface area contributed by atoms with Gasteiger partial charge in [-0.05, 0) is 36.6 Å². The first-order valence-electron chi connectivity index (χ1n) is 6.33. The number of imidazole rings is 1. The van der Waals surface area contributed by atoms with Gasteiger partial charge in [0.2, 0.25) is 0 Å². The first-order valence-corrected chi connectivity index (χ1v) is 7.81. The quantitative estimate of drug-likeness (QED) is 0.861. The highest BCUT2D eigenvalue weighted by Crippen LogP contribution is 2.15. The van der Waals surface area contributed by atoms with Crippen molar-refractivity contribution in [1.82, 2.24) is 14.3 Å². The van der Waals surface area contributed by atoms with E-state index in [1.165, 1.54) is 23.0 Å². The molecule has 0 fully saturated rings. The van der Waals surface area contributed by atoms with Crippen molar-refractivity contribution in [3.63, 3.8) is 0 Å². The number of sulfonamides is 1. The van der Waals surface area contributed by atoms with Gasteiger partial charge in [0.25, 0.3) is 10.0 Å². The largest absolute Gasteiger partial charge is 0.381 e. The van der Waals surface area contributed by atoms with Gasteiger partial charge in [-0.2, -0.15) is 0 Å². The van der Waals surface area contributed by atoms with Gasteiger partial charge >= 0.3 is 0 Å². The number of nitrogen functional groups attached to an aromatic ring is 1. The lowest BCUT2D eigenvalue weighted by atomic mass is 10.1. The SMILES string of the molecule is Cc1cc(F)ccc1CCNS(=O)(=O)c1c(N)ncn1C. The Hall–Kier alpha value is -1.93. The maximum absolute atomic E-state index is 13.0. The van der Waals surface area contributed by atoms with Gasteiger partial charge in [0.1, 0.15) is 5.82 Å². The van der Waals surface area contributed by atoms with Crippen molar-refractivity contribution in [2.45, 2.75) is 18.4 Å². The number of rotatable bonds is 5. The molecule has 21 heavy (non-hydrogen) atoms. The normalized spacial score (nSPS) is 11.8. The summed E-state index contributed by atoms with van der Waals surface area (Å²) in [5.41, 5.74) is 7.23. The van der Waals surface area contributed by atoms with Crippen LogP contribution in [0.25, 0.3) is 0 Å². The minimum absolute atomic E-state index is 0.0389. The predicted molar refractivity (Wildman–Crippen MR) is 77.6 cm³/mol. The predicted octanol–water partition coefficient (Wildman–Crippen LogP) is 0.971. The zero-order valence-corrected chi connectivity index (χ0v) is 12.6. The lowest BCUT2D eigenvalue weighted by Crippen LogP contribution is -2.28. The van der Waals surface area contributed by atoms with Crippen LogP contribution in [0.4, 0.5) is 10.2 Å². The number of nitrogens with two attached hydrogens (primary N) is 1. The second kappa shape index (κ2) is 5.82. The molecule has 0 saturated heterocycles. The average Bonchev–Trinajstić information content (AvgIpc) is 2.72. The van der Waals surface area contributed by atoms with Gasteiger partial charge in [-0.3, -0.25) is 0 Å². The van der Waals surface area contributed by atoms with Gasteiger partial charge in [0, 0.05) is 13.6 Å². The first kappa shape index (κ1) is 15.5. The van der Waals surface area contributed by atoms with Crippen LogP contribution < -0.4 is 10.5 Å². The van der Waals surface area contributed by atoms with E-state index in [-0.39, 0.29) is 23.2 Å². The van der Waals surface area contributed by atoms with Gasteiger partial charge in [0.15, 0.2) is 10.8 Å². The third kappa shape index (κ3) is 3.40. The number of aryl methyl sites for hydroxylation is 2. The second-order valence-electron chi connectivity index (χ2n) is 4.76. The smallest absolute Gasteiger partial charge is 0.260 e. The molecule has 6 nitrogen and oxygen atoms in total. The summed E-state index contributed by atoms with van der Waals surface area (Å²) in [5, 5.41) is -0.0571. The standard InChI is InChI=1S/C13H17FN4O2S/c1-9-7-11(14)4-3-10(9)5-6-17-21(19,20)13-12(15)16-8-18(13)2/h3-4,7-8,17H,5-6,15H2,1-2H3. The van der Waals surface area contributed by atoms with Gasteiger partial charge in [0.05, 0.1) is 6.33 Å². The summed E-state index contributed by atoms with van der Waals surface area (Å²) in [7, 11) is -2.16. The lowest BCUT2D eigenvalue weighted by Gasteiger charge is -2.09. The van der Waals surface area contributed by atoms with Crippen LogP contribution in [0.3, 0.4) is 0 Å². The van der Waals surface area contributed by atoms with Crippen LogP contribution >= 0.6 is 0 Å². The molecule has 0 saturated carbocycles. The van der Waals surface area contributed by atoms with Gasteiger partial charge in [-0.1, -0.05) is 6.07 Å². The van der Waals surface area contributed by atoms with Gasteiger partial charge < -0.3 is 10.3 Å². The molecule has 0 aliphatic rings. The molecule has 1 aromatic heterocycles. The second-order valence-corrected chi connectivity index (χ2v) is 6.45. The number of nitrogens with one attached hydrogen (secondary N) is 1. The molecule has 0 amide bonds. The number of nitrogens with zero attached hydrogens (tertiary/aromatic N) is 2. The highest BCUT2D eigenvalue weighted by molar-refractivity contribution is 7.89. The Labute approximate surface area is 122 Å². The van der Waals surface area contributed by atoms with Crippen molar-refractivity contribution in [1.29, 1.82) is 0 Å². The minimum Gasteiger partial charge on any atom is -0.381 e. The molecule has 8 heteroatoms. The van der Waals surface area contributed by atoms with E-state index in [0.717, 1.165) is 11.1 Å². The molecule has 2 rings (SSSR count). The summed E-state index contributed by atoms with van der Waals surface area (Å²) in [4.78, 5) is 3.75. The Morgan fingerprint density at radius 3 is 2.71 bits per heavy atom. The number of hydrogen-bond donors (Lipinski definition) is 2. The molecule has 0 bridgehead atoms. The topological polar surface area (TPSA) is 90.0 Å². The van der Waals surface area contributed by atoms with E-state index >= 15 is 0 Å². The van der Waals surface area contributed by atoms with E-state index in [1.54, 1.807) is 20.0 Å². The van der Waals surface area contributed by atoms with Crippen LogP contribution in [-0.2, 0) is 23.5 Å². The molecule has 0 aliphatic carbocycles. The molecule has 1 aromatic carbocycles. The molecule has 0 spiro atoms. The average molecular weight is 312 g/mol. The molecule has 0 aliphatic heterocycles. The summed E-state index contributed by atoms with van der Waals surface area (Å²) in [6.07, 6.45) is 1.80. The van der Waals surface area contributed by atoms with Crippen LogP contribution in [0.1, 0.15) is 11.1 Å². The fourth-order valence-electron chi connectivity index (χ4n) is 2.09. The molecule has 0 unspecified atom stereocenters. The zero-order chi connectivity index (χ0) is 15.6. The summed E-state index contributed by atoms with van der Waals surface area (Å²) in [6.45, 7) is 1.98. The highest BCUT2D eigenvalue weighted by Gasteiger charge is 2.21. The van der Waals surface area contributed by atoms with Gasteiger partial charge in [-0.15, -0.1) is 0 Å². The Kier molecular flexibility index (Phi) is 4.29. The zero-order valence-electron chi connectivity index (χ0n) is 11.8. The lowest BCUT2D eigenvalue weighted by molar-refractivity contribution is 0.572. The Morgan fingerprint density at radius 1 is 1.43 bits per heavy atom. The van der Waals surface area contributed by atoms with E-state index in [9.17, 15) is 12.8 Å². The highest BCUT2D eigenvalue weighted by atomic mass is 32.2. The van der Waals surface area contributed by atoms with Crippen LogP contribution in [-0.4, -0.2) is 24.5 Å². The number of anilines is 1. The van der Waals surface area contributed by atoms with E-state index in [4.69, 9.17) is 5.73 Å². The summed E-state index contributed by atoms with van der Waals surface area (Å²) < 4.78 is 41.1. The summed E-state index contributed by atoms with van der Waals surface area (Å²) >= 11 is 0. The first-order chi connectivity index (χ1) is 9.81. The molecule has 0 atom stereocenters. The third-order valence-electron chi connectivity index (χ3n) is 3.16. The number of hydrogen-bond acceptors (Lipinski definition) is 4. The van der Waals surface area contributed by atoms with Gasteiger partial charge in [-0.25, -0.2) is 22.5 Å². The van der Waals surface area contributed by atoms with Crippen molar-refractivity contribution in [2.24, 2.45) is 7.05 Å². The van der Waals surface area contributed by atoms with Crippen LogP contribution in [0.2, 0.25) is 0 Å². The summed E-state index contributed by atoms with van der Waals surface area (Å²) in [6, 6.07) is 4.43. The van der Waals surface area contributed by atoms with Crippen LogP contribution in [0.5, 0.6) is 0 Å². The van der Waals surface area contributed by atoms with Crippen molar-refractivity contribution >= 4 is 15.8 Å². The molecular formula is C13H17FN4O2S.